The largest absolute Gasteiger partial charge is 0.394 e. The van der Waals surface area contributed by atoms with Gasteiger partial charge in [-0.15, -0.1) is 0 Å². The molecular formula is C18H25N3O4. The summed E-state index contributed by atoms with van der Waals surface area (Å²) in [5.41, 5.74) is 0.990. The van der Waals surface area contributed by atoms with Crippen molar-refractivity contribution < 1.29 is 19.4 Å². The highest BCUT2D eigenvalue weighted by atomic mass is 16.5. The zero-order valence-corrected chi connectivity index (χ0v) is 14.2. The summed E-state index contributed by atoms with van der Waals surface area (Å²) < 4.78 is 5.84. The summed E-state index contributed by atoms with van der Waals surface area (Å²) in [4.78, 5) is 27.9. The first-order valence-electron chi connectivity index (χ1n) is 8.88. The molecular weight excluding hydrogens is 322 g/mol. The lowest BCUT2D eigenvalue weighted by molar-refractivity contribution is -0.136. The summed E-state index contributed by atoms with van der Waals surface area (Å²) >= 11 is 0. The molecule has 2 aliphatic rings. The maximum Gasteiger partial charge on any atom is 0.223 e. The normalized spacial score (nSPS) is 26.0. The van der Waals surface area contributed by atoms with E-state index in [0.717, 1.165) is 18.4 Å². The molecule has 1 aromatic rings. The quantitative estimate of drug-likeness (QED) is 0.668. The van der Waals surface area contributed by atoms with E-state index >= 15 is 0 Å². The monoisotopic (exact) mass is 347 g/mol. The van der Waals surface area contributed by atoms with Gasteiger partial charge in [0.15, 0.2) is 0 Å². The van der Waals surface area contributed by atoms with E-state index in [4.69, 9.17) is 4.74 Å². The summed E-state index contributed by atoms with van der Waals surface area (Å²) in [6.45, 7) is 0.294. The Labute approximate surface area is 147 Å². The number of aromatic nitrogens is 1. The van der Waals surface area contributed by atoms with Gasteiger partial charge in [0.25, 0.3) is 0 Å². The van der Waals surface area contributed by atoms with Gasteiger partial charge in [-0.25, -0.2) is 0 Å². The lowest BCUT2D eigenvalue weighted by Gasteiger charge is -2.36. The smallest absolute Gasteiger partial charge is 0.223 e. The zero-order chi connectivity index (χ0) is 17.6. The number of carbonyl (C=O) groups is 2. The first-order valence-corrected chi connectivity index (χ1v) is 8.88. The summed E-state index contributed by atoms with van der Waals surface area (Å²) in [5.74, 6) is 0.107. The van der Waals surface area contributed by atoms with Crippen molar-refractivity contribution in [3.63, 3.8) is 0 Å². The Morgan fingerprint density at radius 3 is 2.64 bits per heavy atom. The first kappa shape index (κ1) is 17.8. The van der Waals surface area contributed by atoms with Crippen LogP contribution in [0.5, 0.6) is 0 Å². The molecule has 0 aromatic carbocycles. The Balaban J connectivity index is 1.42. The number of pyridine rings is 1. The van der Waals surface area contributed by atoms with E-state index in [2.05, 4.69) is 15.6 Å². The van der Waals surface area contributed by atoms with Crippen molar-refractivity contribution in [2.75, 3.05) is 6.61 Å². The third-order valence-electron chi connectivity index (χ3n) is 4.72. The van der Waals surface area contributed by atoms with Crippen LogP contribution in [0.25, 0.3) is 0 Å². The van der Waals surface area contributed by atoms with E-state index in [1.54, 1.807) is 12.4 Å². The van der Waals surface area contributed by atoms with Crippen molar-refractivity contribution in [2.24, 2.45) is 5.92 Å². The molecule has 3 N–H and O–H groups in total. The van der Waals surface area contributed by atoms with Crippen molar-refractivity contribution in [3.05, 3.63) is 30.1 Å². The van der Waals surface area contributed by atoms with Crippen LogP contribution in [0.1, 0.15) is 37.7 Å². The van der Waals surface area contributed by atoms with Gasteiger partial charge in [-0.05, 0) is 43.4 Å². The fourth-order valence-electron chi connectivity index (χ4n) is 3.07. The number of hydrogen-bond donors (Lipinski definition) is 3. The average molecular weight is 347 g/mol. The Morgan fingerprint density at radius 1 is 1.20 bits per heavy atom. The topological polar surface area (TPSA) is 101 Å². The Hall–Kier alpha value is -1.99. The number of aliphatic hydroxyl groups is 1. The van der Waals surface area contributed by atoms with Crippen LogP contribution in [-0.4, -0.2) is 46.8 Å². The third kappa shape index (κ3) is 5.24. The van der Waals surface area contributed by atoms with Gasteiger partial charge >= 0.3 is 0 Å². The van der Waals surface area contributed by atoms with E-state index < -0.39 is 6.10 Å². The van der Waals surface area contributed by atoms with Crippen LogP contribution >= 0.6 is 0 Å². The number of nitrogens with zero attached hydrogens (tertiary/aromatic N) is 1. The highest BCUT2D eigenvalue weighted by molar-refractivity contribution is 5.81. The highest BCUT2D eigenvalue weighted by Gasteiger charge is 2.36. The molecule has 2 fully saturated rings. The van der Waals surface area contributed by atoms with Crippen LogP contribution < -0.4 is 10.6 Å². The zero-order valence-electron chi connectivity index (χ0n) is 14.2. The predicted molar refractivity (Wildman–Crippen MR) is 90.3 cm³/mol. The molecule has 3 atom stereocenters. The molecule has 0 bridgehead atoms. The van der Waals surface area contributed by atoms with Gasteiger partial charge < -0.3 is 20.5 Å². The lowest BCUT2D eigenvalue weighted by atomic mass is 9.96. The van der Waals surface area contributed by atoms with E-state index in [0.29, 0.717) is 19.4 Å². The van der Waals surface area contributed by atoms with Gasteiger partial charge in [-0.3, -0.25) is 14.6 Å². The van der Waals surface area contributed by atoms with Crippen LogP contribution in [-0.2, 0) is 20.9 Å². The van der Waals surface area contributed by atoms with Crippen molar-refractivity contribution >= 4 is 11.8 Å². The van der Waals surface area contributed by atoms with Gasteiger partial charge in [0.2, 0.25) is 11.8 Å². The van der Waals surface area contributed by atoms with Crippen molar-refractivity contribution in [3.8, 4) is 0 Å². The summed E-state index contributed by atoms with van der Waals surface area (Å²) in [7, 11) is 0. The van der Waals surface area contributed by atoms with Gasteiger partial charge in [0.1, 0.15) is 6.10 Å². The molecule has 3 rings (SSSR count). The minimum Gasteiger partial charge on any atom is -0.394 e. The van der Waals surface area contributed by atoms with Crippen LogP contribution in [0, 0.1) is 5.92 Å². The summed E-state index contributed by atoms with van der Waals surface area (Å²) in [5, 5.41) is 15.4. The molecule has 1 aliphatic heterocycles. The number of aliphatic hydroxyl groups excluding tert-OH is 1. The lowest BCUT2D eigenvalue weighted by Crippen LogP contribution is -2.51. The average Bonchev–Trinajstić information content (AvgIpc) is 3.47. The Morgan fingerprint density at radius 2 is 1.96 bits per heavy atom. The second-order valence-corrected chi connectivity index (χ2v) is 6.78. The minimum atomic E-state index is -0.450. The molecule has 1 aromatic heterocycles. The Kier molecular flexibility index (Phi) is 5.99. The molecule has 25 heavy (non-hydrogen) atoms. The molecule has 2 heterocycles. The number of amides is 2. The molecule has 7 heteroatoms. The van der Waals surface area contributed by atoms with Crippen molar-refractivity contribution in [2.45, 2.75) is 56.9 Å². The number of rotatable bonds is 7. The molecule has 1 saturated heterocycles. The van der Waals surface area contributed by atoms with Gasteiger partial charge in [-0.2, -0.15) is 0 Å². The van der Waals surface area contributed by atoms with Gasteiger partial charge in [0, 0.05) is 24.9 Å². The van der Waals surface area contributed by atoms with Crippen LogP contribution in [0.3, 0.4) is 0 Å². The molecule has 1 aliphatic carbocycles. The molecule has 0 radical (unpaired) electrons. The summed E-state index contributed by atoms with van der Waals surface area (Å²) in [6, 6.07) is 3.53. The van der Waals surface area contributed by atoms with E-state index in [-0.39, 0.29) is 42.9 Å². The Bertz CT molecular complexity index is 591. The van der Waals surface area contributed by atoms with Gasteiger partial charge in [-0.1, -0.05) is 0 Å². The standard InChI is InChI=1S/C18H25N3O4/c22-11-16-15(21-18(24)13-1-2-13)4-3-14(25-16)9-17(23)20-10-12-5-7-19-8-6-12/h5-8,13-16,22H,1-4,9-11H2,(H,20,23)(H,21,24)/t14-,15+,16-/m0/s1. The second-order valence-electron chi connectivity index (χ2n) is 6.78. The number of ether oxygens (including phenoxy) is 1. The SMILES string of the molecule is O=C(C[C@@H]1CC[C@@H](NC(=O)C2CC2)[C@H](CO)O1)NCc1ccncc1. The van der Waals surface area contributed by atoms with E-state index in [1.165, 1.54) is 0 Å². The maximum atomic E-state index is 12.1. The predicted octanol–water partition coefficient (Wildman–Crippen LogP) is 0.523. The summed E-state index contributed by atoms with van der Waals surface area (Å²) in [6.07, 6.45) is 6.25. The minimum absolute atomic E-state index is 0.0561. The second kappa shape index (κ2) is 8.40. The highest BCUT2D eigenvalue weighted by Crippen LogP contribution is 2.30. The van der Waals surface area contributed by atoms with Gasteiger partial charge in [0.05, 0.1) is 25.2 Å². The first-order chi connectivity index (χ1) is 12.2. The van der Waals surface area contributed by atoms with Crippen LogP contribution in [0.4, 0.5) is 0 Å². The van der Waals surface area contributed by atoms with Crippen LogP contribution in [0.15, 0.2) is 24.5 Å². The fraction of sp³-hybridized carbons (Fsp3) is 0.611. The number of nitrogens with one attached hydrogen (secondary N) is 2. The number of carbonyl (C=O) groups excluding carboxylic acids is 2. The molecule has 2 amide bonds. The van der Waals surface area contributed by atoms with Crippen molar-refractivity contribution in [1.82, 2.24) is 15.6 Å². The maximum absolute atomic E-state index is 12.1. The van der Waals surface area contributed by atoms with E-state index in [1.807, 2.05) is 12.1 Å². The van der Waals surface area contributed by atoms with Crippen LogP contribution in [0.2, 0.25) is 0 Å². The third-order valence-corrected chi connectivity index (χ3v) is 4.72. The van der Waals surface area contributed by atoms with Crippen molar-refractivity contribution in [1.29, 1.82) is 0 Å². The molecule has 0 unspecified atom stereocenters. The molecule has 136 valence electrons. The number of hydrogen-bond acceptors (Lipinski definition) is 5. The van der Waals surface area contributed by atoms with E-state index in [9.17, 15) is 14.7 Å². The molecule has 0 spiro atoms. The fourth-order valence-corrected chi connectivity index (χ4v) is 3.07. The molecule has 7 nitrogen and oxygen atoms in total. The molecule has 1 saturated carbocycles.